The molecule has 1 aromatic heterocycles. The Bertz CT molecular complexity index is 877. The van der Waals surface area contributed by atoms with Gasteiger partial charge in [-0.2, -0.15) is 0 Å². The predicted octanol–water partition coefficient (Wildman–Crippen LogP) is 1.30. The lowest BCUT2D eigenvalue weighted by molar-refractivity contribution is 0.0596. The molecular weight excluding hydrogens is 342 g/mol. The van der Waals surface area contributed by atoms with Crippen LogP contribution in [0.4, 0.5) is 0 Å². The van der Waals surface area contributed by atoms with E-state index in [-0.39, 0.29) is 10.6 Å². The van der Waals surface area contributed by atoms with E-state index in [9.17, 15) is 13.2 Å². The first-order chi connectivity index (χ1) is 12.0. The molecule has 0 aliphatic carbocycles. The van der Waals surface area contributed by atoms with E-state index in [1.54, 1.807) is 18.2 Å². The van der Waals surface area contributed by atoms with Crippen LogP contribution in [-0.2, 0) is 14.8 Å². The molecule has 25 heavy (non-hydrogen) atoms. The SMILES string of the molecule is COC(=O)c1nccc2c(S(=O)(=O)NCCC3CCNC3)cccc12. The van der Waals surface area contributed by atoms with Crippen LogP contribution in [0.1, 0.15) is 23.3 Å². The number of carbonyl (C=O) groups excluding carboxylic acids is 1. The Labute approximate surface area is 146 Å². The van der Waals surface area contributed by atoms with Gasteiger partial charge in [-0.3, -0.25) is 0 Å². The Balaban J connectivity index is 1.87. The number of ether oxygens (including phenoxy) is 1. The first kappa shape index (κ1) is 17.8. The zero-order valence-corrected chi connectivity index (χ0v) is 14.8. The second kappa shape index (κ2) is 7.47. The number of hydrogen-bond donors (Lipinski definition) is 2. The minimum atomic E-state index is -3.68. The predicted molar refractivity (Wildman–Crippen MR) is 93.9 cm³/mol. The van der Waals surface area contributed by atoms with E-state index in [1.807, 2.05) is 0 Å². The van der Waals surface area contributed by atoms with E-state index in [4.69, 9.17) is 4.74 Å². The van der Waals surface area contributed by atoms with E-state index < -0.39 is 16.0 Å². The van der Waals surface area contributed by atoms with Gasteiger partial charge in [-0.05, 0) is 44.0 Å². The number of fused-ring (bicyclic) bond motifs is 1. The molecule has 0 spiro atoms. The van der Waals surface area contributed by atoms with Crippen LogP contribution in [0.15, 0.2) is 35.4 Å². The number of aromatic nitrogens is 1. The van der Waals surface area contributed by atoms with Crippen molar-refractivity contribution in [2.45, 2.75) is 17.7 Å². The topological polar surface area (TPSA) is 97.4 Å². The molecule has 3 rings (SSSR count). The highest BCUT2D eigenvalue weighted by Gasteiger charge is 2.21. The van der Waals surface area contributed by atoms with Gasteiger partial charge in [0.1, 0.15) is 0 Å². The summed E-state index contributed by atoms with van der Waals surface area (Å²) in [6.07, 6.45) is 3.29. The fraction of sp³-hybridized carbons (Fsp3) is 0.412. The Morgan fingerprint density at radius 2 is 2.20 bits per heavy atom. The smallest absolute Gasteiger partial charge is 0.357 e. The lowest BCUT2D eigenvalue weighted by Crippen LogP contribution is -2.27. The standard InChI is InChI=1S/C17H21N3O4S/c1-24-17(21)16-14-3-2-4-15(13(14)7-9-19-16)25(22,23)20-10-6-12-5-8-18-11-12/h2-4,7,9,12,18,20H,5-6,8,10-11H2,1H3. The van der Waals surface area contributed by atoms with E-state index in [1.165, 1.54) is 19.4 Å². The van der Waals surface area contributed by atoms with Gasteiger partial charge < -0.3 is 10.1 Å². The van der Waals surface area contributed by atoms with Crippen molar-refractivity contribution in [2.75, 3.05) is 26.7 Å². The fourth-order valence-corrected chi connectivity index (χ4v) is 4.38. The molecule has 2 heterocycles. The number of nitrogens with one attached hydrogen (secondary N) is 2. The van der Waals surface area contributed by atoms with E-state index in [2.05, 4.69) is 15.0 Å². The highest BCUT2D eigenvalue weighted by atomic mass is 32.2. The molecule has 1 aliphatic heterocycles. The van der Waals surface area contributed by atoms with Crippen molar-refractivity contribution in [3.63, 3.8) is 0 Å². The normalized spacial score (nSPS) is 17.7. The van der Waals surface area contributed by atoms with Crippen LogP contribution in [0, 0.1) is 5.92 Å². The van der Waals surface area contributed by atoms with Crippen molar-refractivity contribution in [3.05, 3.63) is 36.2 Å². The van der Waals surface area contributed by atoms with Crippen LogP contribution in [-0.4, -0.2) is 46.1 Å². The summed E-state index contributed by atoms with van der Waals surface area (Å²) in [6, 6.07) is 6.39. The second-order valence-corrected chi connectivity index (χ2v) is 7.78. The quantitative estimate of drug-likeness (QED) is 0.751. The molecule has 1 fully saturated rings. The van der Waals surface area contributed by atoms with Crippen LogP contribution >= 0.6 is 0 Å². The highest BCUT2D eigenvalue weighted by Crippen LogP contribution is 2.25. The molecule has 1 unspecified atom stereocenters. The summed E-state index contributed by atoms with van der Waals surface area (Å²) < 4.78 is 32.8. The summed E-state index contributed by atoms with van der Waals surface area (Å²) in [5, 5.41) is 4.18. The fourth-order valence-electron chi connectivity index (χ4n) is 3.11. The molecule has 1 saturated heterocycles. The molecule has 0 amide bonds. The number of sulfonamides is 1. The van der Waals surface area contributed by atoms with E-state index >= 15 is 0 Å². The van der Waals surface area contributed by atoms with E-state index in [0.29, 0.717) is 23.2 Å². The lowest BCUT2D eigenvalue weighted by Gasteiger charge is -2.12. The molecule has 2 N–H and O–H groups in total. The zero-order chi connectivity index (χ0) is 17.9. The molecule has 0 bridgehead atoms. The average Bonchev–Trinajstić information content (AvgIpc) is 3.13. The number of methoxy groups -OCH3 is 1. The van der Waals surface area contributed by atoms with Gasteiger partial charge in [0.2, 0.25) is 10.0 Å². The molecular formula is C17H21N3O4S. The van der Waals surface area contributed by atoms with E-state index in [0.717, 1.165) is 25.9 Å². The van der Waals surface area contributed by atoms with Crippen LogP contribution in [0.25, 0.3) is 10.8 Å². The van der Waals surface area contributed by atoms with Crippen LogP contribution in [0.2, 0.25) is 0 Å². The number of rotatable bonds is 6. The van der Waals surface area contributed by atoms with Crippen molar-refractivity contribution in [2.24, 2.45) is 5.92 Å². The summed E-state index contributed by atoms with van der Waals surface area (Å²) in [4.78, 5) is 16.0. The first-order valence-corrected chi connectivity index (χ1v) is 9.67. The minimum absolute atomic E-state index is 0.106. The third kappa shape index (κ3) is 3.81. The van der Waals surface area contributed by atoms with Gasteiger partial charge in [0.15, 0.2) is 5.69 Å². The molecule has 0 saturated carbocycles. The Morgan fingerprint density at radius 1 is 1.36 bits per heavy atom. The van der Waals surface area contributed by atoms with Gasteiger partial charge in [0, 0.05) is 23.5 Å². The largest absolute Gasteiger partial charge is 0.464 e. The molecule has 1 aromatic carbocycles. The first-order valence-electron chi connectivity index (χ1n) is 8.19. The van der Waals surface area contributed by atoms with Crippen LogP contribution in [0.3, 0.4) is 0 Å². The third-order valence-electron chi connectivity index (χ3n) is 4.44. The summed E-state index contributed by atoms with van der Waals surface area (Å²) in [5.74, 6) is -0.0906. The van der Waals surface area contributed by atoms with Crippen molar-refractivity contribution < 1.29 is 17.9 Å². The molecule has 2 aromatic rings. The number of hydrogen-bond acceptors (Lipinski definition) is 6. The lowest BCUT2D eigenvalue weighted by atomic mass is 10.1. The highest BCUT2D eigenvalue weighted by molar-refractivity contribution is 7.89. The zero-order valence-electron chi connectivity index (χ0n) is 14.0. The van der Waals surface area contributed by atoms with Crippen molar-refractivity contribution in [3.8, 4) is 0 Å². The Hall–Kier alpha value is -2.03. The maximum absolute atomic E-state index is 12.7. The maximum atomic E-state index is 12.7. The molecule has 1 atom stereocenters. The van der Waals surface area contributed by atoms with Gasteiger partial charge in [-0.25, -0.2) is 22.9 Å². The Kier molecular flexibility index (Phi) is 5.31. The summed E-state index contributed by atoms with van der Waals surface area (Å²) in [7, 11) is -2.41. The number of pyridine rings is 1. The third-order valence-corrected chi connectivity index (χ3v) is 5.96. The monoisotopic (exact) mass is 363 g/mol. The number of benzene rings is 1. The summed E-state index contributed by atoms with van der Waals surface area (Å²) >= 11 is 0. The second-order valence-electron chi connectivity index (χ2n) is 6.05. The van der Waals surface area contributed by atoms with Gasteiger partial charge in [0.05, 0.1) is 12.0 Å². The number of nitrogens with zero attached hydrogens (tertiary/aromatic N) is 1. The number of carbonyl (C=O) groups is 1. The minimum Gasteiger partial charge on any atom is -0.464 e. The van der Waals surface area contributed by atoms with Crippen molar-refractivity contribution >= 4 is 26.8 Å². The van der Waals surface area contributed by atoms with Crippen molar-refractivity contribution in [1.82, 2.24) is 15.0 Å². The molecule has 8 heteroatoms. The molecule has 0 radical (unpaired) electrons. The van der Waals surface area contributed by atoms with Crippen LogP contribution < -0.4 is 10.0 Å². The molecule has 134 valence electrons. The van der Waals surface area contributed by atoms with Gasteiger partial charge >= 0.3 is 5.97 Å². The van der Waals surface area contributed by atoms with Gasteiger partial charge in [-0.1, -0.05) is 12.1 Å². The number of esters is 1. The average molecular weight is 363 g/mol. The maximum Gasteiger partial charge on any atom is 0.357 e. The molecule has 7 nitrogen and oxygen atoms in total. The van der Waals surface area contributed by atoms with Gasteiger partial charge in [0.25, 0.3) is 0 Å². The van der Waals surface area contributed by atoms with Crippen molar-refractivity contribution in [1.29, 1.82) is 0 Å². The van der Waals surface area contributed by atoms with Crippen LogP contribution in [0.5, 0.6) is 0 Å². The summed E-state index contributed by atoms with van der Waals surface area (Å²) in [6.45, 7) is 2.31. The summed E-state index contributed by atoms with van der Waals surface area (Å²) in [5.41, 5.74) is 0.106. The molecule has 1 aliphatic rings. The van der Waals surface area contributed by atoms with Gasteiger partial charge in [-0.15, -0.1) is 0 Å². The Morgan fingerprint density at radius 3 is 2.92 bits per heavy atom.